The van der Waals surface area contributed by atoms with Crippen LogP contribution in [0.3, 0.4) is 0 Å². The van der Waals surface area contributed by atoms with Crippen molar-refractivity contribution in [2.75, 3.05) is 39.5 Å². The van der Waals surface area contributed by atoms with E-state index in [4.69, 9.17) is 9.47 Å². The van der Waals surface area contributed by atoms with Gasteiger partial charge in [-0.2, -0.15) is 4.39 Å². The van der Waals surface area contributed by atoms with Crippen LogP contribution in [-0.4, -0.2) is 55.1 Å². The predicted octanol–water partition coefficient (Wildman–Crippen LogP) is 6.13. The molecule has 0 N–H and O–H groups in total. The van der Waals surface area contributed by atoms with Crippen LogP contribution >= 0.6 is 11.8 Å². The van der Waals surface area contributed by atoms with E-state index in [0.717, 1.165) is 57.0 Å². The summed E-state index contributed by atoms with van der Waals surface area (Å²) in [5.74, 6) is -0.604. The zero-order valence-electron chi connectivity index (χ0n) is 21.2. The fourth-order valence-electron chi connectivity index (χ4n) is 3.97. The zero-order chi connectivity index (χ0) is 27.6. The van der Waals surface area contributed by atoms with Gasteiger partial charge in [-0.05, 0) is 66.1 Å². The van der Waals surface area contributed by atoms with Gasteiger partial charge >= 0.3 is 5.69 Å². The van der Waals surface area contributed by atoms with Gasteiger partial charge in [0.05, 0.1) is 29.6 Å². The number of rotatable bonds is 12. The lowest BCUT2D eigenvalue weighted by atomic mass is 10.1. The van der Waals surface area contributed by atoms with Crippen molar-refractivity contribution in [2.45, 2.75) is 12.2 Å². The molecular weight excluding hydrogens is 526 g/mol. The van der Waals surface area contributed by atoms with Crippen LogP contribution in [0.5, 0.6) is 5.75 Å². The van der Waals surface area contributed by atoms with E-state index in [2.05, 4.69) is 4.90 Å². The Kier molecular flexibility index (Phi) is 10.2. The average molecular weight is 555 g/mol. The number of morpholine rings is 1. The predicted molar refractivity (Wildman–Crippen MR) is 147 cm³/mol. The van der Waals surface area contributed by atoms with Crippen LogP contribution in [-0.2, 0) is 10.5 Å². The molecule has 1 aliphatic heterocycles. The third-order valence-electron chi connectivity index (χ3n) is 6.10. The van der Waals surface area contributed by atoms with E-state index in [1.165, 1.54) is 36.0 Å². The monoisotopic (exact) mass is 554 g/mol. The minimum Gasteiger partial charge on any atom is -0.494 e. The van der Waals surface area contributed by atoms with Crippen LogP contribution in [0, 0.1) is 21.7 Å². The summed E-state index contributed by atoms with van der Waals surface area (Å²) in [5.41, 5.74) is 0.851. The molecule has 0 amide bonds. The number of nitro benzene ring substituents is 1. The fraction of sp³-hybridized carbons (Fsp3) is 0.276. The quantitative estimate of drug-likeness (QED) is 0.0876. The first-order valence-corrected chi connectivity index (χ1v) is 13.5. The van der Waals surface area contributed by atoms with Crippen molar-refractivity contribution in [3.8, 4) is 5.75 Å². The van der Waals surface area contributed by atoms with Gasteiger partial charge in [0.1, 0.15) is 11.6 Å². The van der Waals surface area contributed by atoms with Crippen LogP contribution in [0.4, 0.5) is 14.5 Å². The molecule has 39 heavy (non-hydrogen) atoms. The van der Waals surface area contributed by atoms with Crippen LogP contribution in [0.15, 0.2) is 71.6 Å². The van der Waals surface area contributed by atoms with Gasteiger partial charge in [0, 0.05) is 37.0 Å². The Bertz CT molecular complexity index is 1310. The van der Waals surface area contributed by atoms with Gasteiger partial charge in [-0.15, -0.1) is 11.8 Å². The number of ketones is 1. The van der Waals surface area contributed by atoms with Gasteiger partial charge in [-0.1, -0.05) is 18.2 Å². The van der Waals surface area contributed by atoms with E-state index < -0.39 is 16.4 Å². The molecule has 0 saturated carbocycles. The molecule has 0 spiro atoms. The summed E-state index contributed by atoms with van der Waals surface area (Å²) in [4.78, 5) is 26.5. The van der Waals surface area contributed by atoms with Crippen molar-refractivity contribution < 1.29 is 28.0 Å². The third-order valence-corrected chi connectivity index (χ3v) is 7.20. The molecule has 4 rings (SSSR count). The molecule has 1 fully saturated rings. The first-order chi connectivity index (χ1) is 18.9. The molecule has 0 aromatic heterocycles. The minimum atomic E-state index is -0.954. The summed E-state index contributed by atoms with van der Waals surface area (Å²) in [6.07, 6.45) is 2.37. The molecule has 0 atom stereocenters. The highest BCUT2D eigenvalue weighted by Gasteiger charge is 2.17. The maximum absolute atomic E-state index is 13.8. The van der Waals surface area contributed by atoms with E-state index >= 15 is 0 Å². The molecule has 10 heteroatoms. The van der Waals surface area contributed by atoms with E-state index in [9.17, 15) is 23.7 Å². The molecule has 1 aliphatic rings. The number of carbonyl (C=O) groups excluding carboxylic acids is 1. The number of carbonyl (C=O) groups is 1. The number of benzene rings is 3. The standard InChI is InChI=1S/C29H28F2N2O5S/c30-24-7-2-21(3-8-24)20-39-28(19-22-4-11-26(31)27(18-22)33(35)36)29(34)23-5-9-25(10-6-23)38-15-1-12-32-13-16-37-17-14-32/h2-11,18-19H,1,12-17,20H2. The normalized spacial score (nSPS) is 14.3. The molecule has 3 aromatic carbocycles. The third kappa shape index (κ3) is 8.44. The van der Waals surface area contributed by atoms with Crippen molar-refractivity contribution in [1.29, 1.82) is 0 Å². The van der Waals surface area contributed by atoms with Gasteiger partial charge in [0.25, 0.3) is 0 Å². The van der Waals surface area contributed by atoms with Crippen LogP contribution < -0.4 is 4.74 Å². The van der Waals surface area contributed by atoms with Crippen LogP contribution in [0.2, 0.25) is 0 Å². The van der Waals surface area contributed by atoms with E-state index in [-0.39, 0.29) is 11.6 Å². The van der Waals surface area contributed by atoms with Crippen molar-refractivity contribution in [3.63, 3.8) is 0 Å². The first kappa shape index (κ1) is 28.4. The number of nitrogens with zero attached hydrogens (tertiary/aromatic N) is 2. The topological polar surface area (TPSA) is 81.9 Å². The Balaban J connectivity index is 1.45. The second-order valence-electron chi connectivity index (χ2n) is 8.90. The lowest BCUT2D eigenvalue weighted by molar-refractivity contribution is -0.387. The number of Topliss-reactive ketones (excluding diaryl/α,β-unsaturated/α-hetero) is 1. The molecule has 1 saturated heterocycles. The molecule has 0 bridgehead atoms. The van der Waals surface area contributed by atoms with Gasteiger partial charge < -0.3 is 9.47 Å². The number of hydrogen-bond donors (Lipinski definition) is 0. The largest absolute Gasteiger partial charge is 0.494 e. The van der Waals surface area contributed by atoms with E-state index in [0.29, 0.717) is 34.1 Å². The van der Waals surface area contributed by atoms with Gasteiger partial charge in [-0.3, -0.25) is 19.8 Å². The van der Waals surface area contributed by atoms with Crippen molar-refractivity contribution in [1.82, 2.24) is 4.90 Å². The summed E-state index contributed by atoms with van der Waals surface area (Å²) < 4.78 is 38.3. The Morgan fingerprint density at radius 3 is 2.46 bits per heavy atom. The Morgan fingerprint density at radius 2 is 1.77 bits per heavy atom. The van der Waals surface area contributed by atoms with E-state index in [1.54, 1.807) is 36.4 Å². The molecular formula is C29H28F2N2O5S. The zero-order valence-corrected chi connectivity index (χ0v) is 22.0. The maximum atomic E-state index is 13.8. The first-order valence-electron chi connectivity index (χ1n) is 12.5. The summed E-state index contributed by atoms with van der Waals surface area (Å²) >= 11 is 1.21. The number of nitro groups is 1. The van der Waals surface area contributed by atoms with Crippen molar-refractivity contribution >= 4 is 29.3 Å². The summed E-state index contributed by atoms with van der Waals surface area (Å²) in [6.45, 7) is 4.85. The SMILES string of the molecule is O=C(C(=Cc1ccc(F)c([N+](=O)[O-])c1)SCc1ccc(F)cc1)c1ccc(OCCCN2CCOCC2)cc1. The number of ether oxygens (including phenoxy) is 2. The Morgan fingerprint density at radius 1 is 1.05 bits per heavy atom. The van der Waals surface area contributed by atoms with Crippen molar-refractivity contribution in [3.05, 3.63) is 110 Å². The van der Waals surface area contributed by atoms with Crippen molar-refractivity contribution in [2.24, 2.45) is 0 Å². The van der Waals surface area contributed by atoms with Gasteiger partial charge in [-0.25, -0.2) is 4.39 Å². The summed E-state index contributed by atoms with van der Waals surface area (Å²) in [7, 11) is 0. The van der Waals surface area contributed by atoms with E-state index in [1.807, 2.05) is 0 Å². The fourth-order valence-corrected chi connectivity index (χ4v) is 4.96. The highest BCUT2D eigenvalue weighted by molar-refractivity contribution is 8.03. The van der Waals surface area contributed by atoms with Gasteiger partial charge in [0.2, 0.25) is 5.82 Å². The molecule has 0 aliphatic carbocycles. The van der Waals surface area contributed by atoms with Crippen LogP contribution in [0.1, 0.15) is 27.9 Å². The number of halogens is 2. The minimum absolute atomic E-state index is 0.298. The summed E-state index contributed by atoms with van der Waals surface area (Å²) in [6, 6.07) is 16.2. The molecule has 7 nitrogen and oxygen atoms in total. The number of thioether (sulfide) groups is 1. The van der Waals surface area contributed by atoms with Crippen LogP contribution in [0.25, 0.3) is 6.08 Å². The second-order valence-corrected chi connectivity index (χ2v) is 9.92. The van der Waals surface area contributed by atoms with Gasteiger partial charge in [0.15, 0.2) is 5.78 Å². The molecule has 0 radical (unpaired) electrons. The highest BCUT2D eigenvalue weighted by atomic mass is 32.2. The maximum Gasteiger partial charge on any atom is 0.305 e. The average Bonchev–Trinajstić information content (AvgIpc) is 2.95. The molecule has 3 aromatic rings. The summed E-state index contributed by atoms with van der Waals surface area (Å²) in [5, 5.41) is 11.2. The molecule has 0 unspecified atom stereocenters. The number of allylic oxidation sites excluding steroid dienone is 1. The lowest BCUT2D eigenvalue weighted by Gasteiger charge is -2.26. The second kappa shape index (κ2) is 14.0. The Hall–Kier alpha value is -3.60. The molecule has 204 valence electrons. The smallest absolute Gasteiger partial charge is 0.305 e. The molecule has 1 heterocycles. The Labute approximate surface area is 229 Å². The number of hydrogen-bond acceptors (Lipinski definition) is 7. The highest BCUT2D eigenvalue weighted by Crippen LogP contribution is 2.29. The lowest BCUT2D eigenvalue weighted by Crippen LogP contribution is -2.37.